The highest BCUT2D eigenvalue weighted by atomic mass is 31.2. The van der Waals surface area contributed by atoms with E-state index in [9.17, 15) is 19.0 Å². The molecule has 10 heteroatoms. The van der Waals surface area contributed by atoms with Crippen molar-refractivity contribution in [2.75, 3.05) is 40.9 Å². The molecule has 0 spiro atoms. The topological polar surface area (TPSA) is 114 Å². The van der Waals surface area contributed by atoms with Crippen molar-refractivity contribution in [2.24, 2.45) is 0 Å². The van der Waals surface area contributed by atoms with Crippen molar-refractivity contribution < 1.29 is 37.3 Å². The van der Waals surface area contributed by atoms with Gasteiger partial charge in [0.2, 0.25) is 5.91 Å². The SMILES string of the molecule is CC/C=C/C/C=C/C/C=C/C/C=C/C/C=C/CCC(=O)NC(COP(=O)([O-])OCC[N+](C)(C)C)C(/C=C\CCCCCCCCCCCCC)OC(=O)CCCCCCCCCCCCCCCCCCC/C=C\C/C=C\CCCCC. The summed E-state index contributed by atoms with van der Waals surface area (Å²) in [6, 6.07) is -0.932. The number of carbonyl (C=O) groups excluding carboxylic acids is 2. The zero-order chi connectivity index (χ0) is 60.0. The Bertz CT molecular complexity index is 1720. The highest BCUT2D eigenvalue weighted by Gasteiger charge is 2.27. The molecule has 0 heterocycles. The van der Waals surface area contributed by atoms with Gasteiger partial charge in [0.25, 0.3) is 7.82 Å². The van der Waals surface area contributed by atoms with Gasteiger partial charge in [0.1, 0.15) is 19.3 Å². The van der Waals surface area contributed by atoms with Gasteiger partial charge in [-0.25, -0.2) is 0 Å². The van der Waals surface area contributed by atoms with Crippen molar-refractivity contribution in [3.63, 3.8) is 0 Å². The number of esters is 1. The standard InChI is InChI=1S/C72H129N2O7P/c1-7-10-13-16-19-22-25-28-30-32-33-34-35-36-37-38-39-40-41-42-44-47-50-53-56-59-62-65-72(76)81-70(63-60-57-54-51-48-45-27-24-21-18-15-12-9-3)69(68-80-82(77,78)79-67-66-74(4,5)6)73-71(75)64-61-58-55-52-49-46-43-31-29-26-23-20-17-14-11-8-2/h11,14,19-20,22-23,28-31,46,49,55,58,60,63,69-70H,7-10,12-13,15-18,21,24-27,32-45,47-48,50-54,56-57,59,61-62,64-68H2,1-6H3,(H-,73,75,77,78)/b14-11+,22-19-,23-20+,30-28-,31-29+,49-46+,58-55+,63-60-. The third-order valence-electron chi connectivity index (χ3n) is 14.8. The van der Waals surface area contributed by atoms with Crippen LogP contribution < -0.4 is 10.2 Å². The van der Waals surface area contributed by atoms with Crippen molar-refractivity contribution in [3.05, 3.63) is 97.2 Å². The summed E-state index contributed by atoms with van der Waals surface area (Å²) in [5, 5.41) is 2.98. The summed E-state index contributed by atoms with van der Waals surface area (Å²) >= 11 is 0. The number of quaternary nitrogens is 1. The predicted octanol–water partition coefficient (Wildman–Crippen LogP) is 20.9. The van der Waals surface area contributed by atoms with Crippen molar-refractivity contribution in [1.29, 1.82) is 0 Å². The van der Waals surface area contributed by atoms with Gasteiger partial charge in [0.15, 0.2) is 0 Å². The normalized spacial score (nSPS) is 14.2. The molecule has 0 aliphatic rings. The summed E-state index contributed by atoms with van der Waals surface area (Å²) in [6.07, 6.45) is 82.7. The van der Waals surface area contributed by atoms with E-state index >= 15 is 0 Å². The van der Waals surface area contributed by atoms with Crippen LogP contribution in [0.1, 0.15) is 297 Å². The number of phosphoric ester groups is 1. The van der Waals surface area contributed by atoms with E-state index < -0.39 is 26.6 Å². The minimum absolute atomic E-state index is 0.0383. The second-order valence-electron chi connectivity index (χ2n) is 23.9. The Balaban J connectivity index is 5.13. The molecule has 0 saturated carbocycles. The van der Waals surface area contributed by atoms with Gasteiger partial charge < -0.3 is 28.5 Å². The maximum Gasteiger partial charge on any atom is 0.306 e. The van der Waals surface area contributed by atoms with E-state index in [1.807, 2.05) is 45.4 Å². The van der Waals surface area contributed by atoms with Gasteiger partial charge >= 0.3 is 5.97 Å². The van der Waals surface area contributed by atoms with Crippen LogP contribution in [0.15, 0.2) is 97.2 Å². The quantitative estimate of drug-likeness (QED) is 0.0212. The molecule has 0 saturated heterocycles. The lowest BCUT2D eigenvalue weighted by molar-refractivity contribution is -0.870. The van der Waals surface area contributed by atoms with E-state index in [-0.39, 0.29) is 31.3 Å². The largest absolute Gasteiger partial charge is 0.756 e. The first-order chi connectivity index (χ1) is 39.9. The van der Waals surface area contributed by atoms with E-state index in [4.69, 9.17) is 13.8 Å². The monoisotopic (exact) mass is 1160 g/mol. The Morgan fingerprint density at radius 3 is 1.22 bits per heavy atom. The molecule has 0 aliphatic carbocycles. The van der Waals surface area contributed by atoms with E-state index in [0.29, 0.717) is 17.4 Å². The number of phosphoric acid groups is 1. The highest BCUT2D eigenvalue weighted by molar-refractivity contribution is 7.45. The van der Waals surface area contributed by atoms with Crippen molar-refractivity contribution in [2.45, 2.75) is 309 Å². The first-order valence-corrected chi connectivity index (χ1v) is 35.5. The molecule has 3 atom stereocenters. The highest BCUT2D eigenvalue weighted by Crippen LogP contribution is 2.38. The van der Waals surface area contributed by atoms with Crippen molar-refractivity contribution in [1.82, 2.24) is 5.32 Å². The number of allylic oxidation sites excluding steroid dienone is 15. The molecular formula is C72H129N2O7P. The number of likely N-dealkylation sites (N-methyl/N-ethyl adjacent to an activating group) is 1. The molecule has 0 aromatic heterocycles. The maximum atomic E-state index is 13.5. The minimum Gasteiger partial charge on any atom is -0.756 e. The number of nitrogens with one attached hydrogen (secondary N) is 1. The van der Waals surface area contributed by atoms with Crippen LogP contribution in [0.2, 0.25) is 0 Å². The molecule has 9 nitrogen and oxygen atoms in total. The van der Waals surface area contributed by atoms with Crippen LogP contribution in [-0.2, 0) is 27.9 Å². The summed E-state index contributed by atoms with van der Waals surface area (Å²) < 4.78 is 30.3. The van der Waals surface area contributed by atoms with Gasteiger partial charge in [0.05, 0.1) is 33.8 Å². The van der Waals surface area contributed by atoms with Crippen LogP contribution in [0.5, 0.6) is 0 Å². The zero-order valence-corrected chi connectivity index (χ0v) is 55.1. The Hall–Kier alpha value is -3.07. The molecule has 82 heavy (non-hydrogen) atoms. The molecule has 0 radical (unpaired) electrons. The van der Waals surface area contributed by atoms with Gasteiger partial charge in [-0.3, -0.25) is 14.2 Å². The van der Waals surface area contributed by atoms with Crippen LogP contribution in [0.4, 0.5) is 0 Å². The van der Waals surface area contributed by atoms with Gasteiger partial charge in [-0.1, -0.05) is 285 Å². The van der Waals surface area contributed by atoms with E-state index in [1.165, 1.54) is 180 Å². The molecular weight excluding hydrogens is 1040 g/mol. The fourth-order valence-electron chi connectivity index (χ4n) is 9.54. The lowest BCUT2D eigenvalue weighted by Crippen LogP contribution is -2.47. The van der Waals surface area contributed by atoms with Crippen molar-refractivity contribution in [3.8, 4) is 0 Å². The second-order valence-corrected chi connectivity index (χ2v) is 25.4. The molecule has 3 unspecified atom stereocenters. The molecule has 0 rings (SSSR count). The Kier molecular flexibility index (Phi) is 58.7. The lowest BCUT2D eigenvalue weighted by atomic mass is 10.0. The first kappa shape index (κ1) is 78.9. The van der Waals surface area contributed by atoms with Gasteiger partial charge in [-0.2, -0.15) is 0 Å². The smallest absolute Gasteiger partial charge is 0.306 e. The van der Waals surface area contributed by atoms with Crippen molar-refractivity contribution >= 4 is 19.7 Å². The number of amides is 1. The molecule has 0 bridgehead atoms. The number of hydrogen-bond acceptors (Lipinski definition) is 7. The third kappa shape index (κ3) is 61.5. The van der Waals surface area contributed by atoms with E-state index in [2.05, 4.69) is 99.0 Å². The molecule has 0 aromatic carbocycles. The van der Waals surface area contributed by atoms with E-state index in [1.54, 1.807) is 0 Å². The summed E-state index contributed by atoms with van der Waals surface area (Å²) in [5.74, 6) is -0.633. The number of unbranched alkanes of at least 4 members (excludes halogenated alkanes) is 31. The molecule has 0 fully saturated rings. The number of hydrogen-bond donors (Lipinski definition) is 1. The number of rotatable bonds is 61. The Morgan fingerprint density at radius 2 is 0.793 bits per heavy atom. The lowest BCUT2D eigenvalue weighted by Gasteiger charge is -2.30. The first-order valence-electron chi connectivity index (χ1n) is 34.0. The Morgan fingerprint density at radius 1 is 0.439 bits per heavy atom. The second kappa shape index (κ2) is 61.0. The van der Waals surface area contributed by atoms with Gasteiger partial charge in [-0.05, 0) is 96.0 Å². The van der Waals surface area contributed by atoms with Crippen LogP contribution in [0, 0.1) is 0 Å². The van der Waals surface area contributed by atoms with E-state index in [0.717, 1.165) is 77.0 Å². The predicted molar refractivity (Wildman–Crippen MR) is 353 cm³/mol. The average Bonchev–Trinajstić information content (AvgIpc) is 3.45. The zero-order valence-electron chi connectivity index (χ0n) is 54.2. The fourth-order valence-corrected chi connectivity index (χ4v) is 10.3. The molecule has 1 N–H and O–H groups in total. The van der Waals surface area contributed by atoms with Gasteiger partial charge in [0, 0.05) is 12.8 Å². The summed E-state index contributed by atoms with van der Waals surface area (Å²) in [5.41, 5.74) is 0. The van der Waals surface area contributed by atoms with Crippen LogP contribution in [-0.4, -0.2) is 69.4 Å². The fraction of sp³-hybridized carbons (Fsp3) is 0.750. The third-order valence-corrected chi connectivity index (χ3v) is 15.7. The number of ether oxygens (including phenoxy) is 1. The average molecular weight is 1170 g/mol. The van der Waals surface area contributed by atoms with Crippen LogP contribution >= 0.6 is 7.82 Å². The van der Waals surface area contributed by atoms with Gasteiger partial charge in [-0.15, -0.1) is 0 Å². The number of nitrogens with zero attached hydrogens (tertiary/aromatic N) is 1. The van der Waals surface area contributed by atoms with Crippen LogP contribution in [0.25, 0.3) is 0 Å². The molecule has 474 valence electrons. The Labute approximate surface area is 507 Å². The maximum absolute atomic E-state index is 13.5. The molecule has 0 aromatic rings. The summed E-state index contributed by atoms with van der Waals surface area (Å²) in [7, 11) is 1.14. The summed E-state index contributed by atoms with van der Waals surface area (Å²) in [6.45, 7) is 6.66. The molecule has 0 aliphatic heterocycles. The summed E-state index contributed by atoms with van der Waals surface area (Å²) in [4.78, 5) is 40.1. The van der Waals surface area contributed by atoms with Crippen LogP contribution in [0.3, 0.4) is 0 Å². The minimum atomic E-state index is -4.72. The molecule has 1 amide bonds. The number of carbonyl (C=O) groups is 2.